The number of carbonyl (C=O) groups is 2. The number of hydrogen-bond acceptors (Lipinski definition) is 5. The zero-order chi connectivity index (χ0) is 27.9. The lowest BCUT2D eigenvalue weighted by molar-refractivity contribution is -0.230. The molecule has 1 aliphatic heterocycles. The van der Waals surface area contributed by atoms with Crippen LogP contribution in [0, 0.1) is 45.3 Å². The van der Waals surface area contributed by atoms with Gasteiger partial charge in [-0.1, -0.05) is 47.1 Å². The Morgan fingerprint density at radius 1 is 0.947 bits per heavy atom. The molecule has 1 saturated heterocycles. The third kappa shape index (κ3) is 3.79. The lowest BCUT2D eigenvalue weighted by Crippen LogP contribution is -2.64. The molecule has 0 aromatic heterocycles. The van der Waals surface area contributed by atoms with Crippen molar-refractivity contribution in [2.24, 2.45) is 45.3 Å². The van der Waals surface area contributed by atoms with Crippen LogP contribution < -0.4 is 0 Å². The molecule has 1 N–H and O–H groups in total. The molecule has 5 aliphatic rings. The lowest BCUT2D eigenvalue weighted by Gasteiger charge is -2.70. The van der Waals surface area contributed by atoms with Crippen molar-refractivity contribution in [3.05, 3.63) is 11.6 Å². The largest absolute Gasteiger partial charge is 0.462 e. The van der Waals surface area contributed by atoms with E-state index in [2.05, 4.69) is 34.6 Å². The van der Waals surface area contributed by atoms with Gasteiger partial charge in [0.05, 0.1) is 0 Å². The molecular weight excluding hydrogens is 476 g/mol. The maximum atomic E-state index is 13.1. The van der Waals surface area contributed by atoms with Gasteiger partial charge in [0.15, 0.2) is 5.60 Å². The fraction of sp³-hybridized carbons (Fsp3) is 0.879. The van der Waals surface area contributed by atoms with E-state index in [1.165, 1.54) is 6.42 Å². The van der Waals surface area contributed by atoms with Crippen LogP contribution in [0.1, 0.15) is 120 Å². The third-order valence-corrected chi connectivity index (χ3v) is 13.2. The standard InChI is InChI=1S/C33H52O5/c1-9-27(34)38-26-14-15-30(6)24(29(26,4)5)13-17-32(8)25(30)11-10-22-23(12-16-31(22,32)7)33(36)19-21(18-20(2)3)37-28(33)35/h18,21-26,36H,9-17,19H2,1-8H3/t21-,22-,23+,24+,25-,26+,30+,31-,32-,33?/m1/s1. The molecule has 4 saturated carbocycles. The third-order valence-electron chi connectivity index (χ3n) is 13.2. The number of aliphatic hydroxyl groups is 1. The normalized spacial score (nSPS) is 49.3. The molecule has 5 heteroatoms. The molecule has 38 heavy (non-hydrogen) atoms. The summed E-state index contributed by atoms with van der Waals surface area (Å²) in [7, 11) is 0. The number of ether oxygens (including phenoxy) is 2. The highest BCUT2D eigenvalue weighted by atomic mass is 16.6. The van der Waals surface area contributed by atoms with E-state index in [0.717, 1.165) is 50.5 Å². The summed E-state index contributed by atoms with van der Waals surface area (Å²) < 4.78 is 11.7. The molecule has 0 bridgehead atoms. The molecule has 1 unspecified atom stereocenters. The second-order valence-electron chi connectivity index (χ2n) is 15.3. The van der Waals surface area contributed by atoms with Gasteiger partial charge in [0, 0.05) is 24.2 Å². The minimum atomic E-state index is -1.37. The van der Waals surface area contributed by atoms with Gasteiger partial charge < -0.3 is 14.6 Å². The highest BCUT2D eigenvalue weighted by Crippen LogP contribution is 2.76. The monoisotopic (exact) mass is 528 g/mol. The molecule has 0 aromatic rings. The Hall–Kier alpha value is -1.36. The maximum absolute atomic E-state index is 13.1. The van der Waals surface area contributed by atoms with Gasteiger partial charge in [0.25, 0.3) is 0 Å². The average Bonchev–Trinajstić information content (AvgIpc) is 3.32. The molecule has 0 radical (unpaired) electrons. The van der Waals surface area contributed by atoms with Gasteiger partial charge in [0.1, 0.15) is 12.2 Å². The summed E-state index contributed by atoms with van der Waals surface area (Å²) in [5, 5.41) is 11.9. The topological polar surface area (TPSA) is 72.8 Å². The molecule has 5 nitrogen and oxygen atoms in total. The summed E-state index contributed by atoms with van der Waals surface area (Å²) in [6, 6.07) is 0. The van der Waals surface area contributed by atoms with E-state index in [4.69, 9.17) is 9.47 Å². The van der Waals surface area contributed by atoms with E-state index in [0.29, 0.717) is 30.6 Å². The van der Waals surface area contributed by atoms with Gasteiger partial charge in [-0.25, -0.2) is 4.79 Å². The maximum Gasteiger partial charge on any atom is 0.339 e. The molecule has 0 amide bonds. The van der Waals surface area contributed by atoms with E-state index in [9.17, 15) is 14.7 Å². The van der Waals surface area contributed by atoms with Crippen LogP contribution >= 0.6 is 0 Å². The van der Waals surface area contributed by atoms with Crippen LogP contribution in [0.15, 0.2) is 11.6 Å². The van der Waals surface area contributed by atoms with Crippen molar-refractivity contribution < 1.29 is 24.2 Å². The van der Waals surface area contributed by atoms with E-state index in [1.807, 2.05) is 26.8 Å². The molecule has 0 spiro atoms. The van der Waals surface area contributed by atoms with Gasteiger partial charge in [-0.3, -0.25) is 4.79 Å². The Balaban J connectivity index is 1.42. The summed E-state index contributed by atoms with van der Waals surface area (Å²) in [5.41, 5.74) is 0.162. The van der Waals surface area contributed by atoms with Crippen molar-refractivity contribution in [3.8, 4) is 0 Å². The predicted molar refractivity (Wildman–Crippen MR) is 148 cm³/mol. The number of rotatable bonds is 4. The smallest absolute Gasteiger partial charge is 0.339 e. The van der Waals surface area contributed by atoms with Crippen LogP contribution in [0.5, 0.6) is 0 Å². The SMILES string of the molecule is CCC(=O)O[C@H]1CC[C@]2(C)[C@H]3CC[C@@H]4[C@@H](C5(O)C[C@@H](C=C(C)C)OC5=O)CC[C@@]4(C)[C@]3(C)CC[C@H]2C1(C)C. The average molecular weight is 529 g/mol. The van der Waals surface area contributed by atoms with Crippen LogP contribution in [0.3, 0.4) is 0 Å². The van der Waals surface area contributed by atoms with Crippen molar-refractivity contribution in [2.75, 3.05) is 0 Å². The first-order valence-corrected chi connectivity index (χ1v) is 15.4. The molecule has 0 aromatic carbocycles. The Labute approximate surface area is 230 Å². The fourth-order valence-electron chi connectivity index (χ4n) is 11.2. The minimum Gasteiger partial charge on any atom is -0.462 e. The van der Waals surface area contributed by atoms with E-state index in [1.54, 1.807) is 0 Å². The van der Waals surface area contributed by atoms with Crippen LogP contribution in [0.25, 0.3) is 0 Å². The van der Waals surface area contributed by atoms with Crippen LogP contribution in [-0.4, -0.2) is 34.9 Å². The van der Waals surface area contributed by atoms with Crippen molar-refractivity contribution in [2.45, 2.75) is 137 Å². The zero-order valence-electron chi connectivity index (χ0n) is 25.2. The number of esters is 2. The summed E-state index contributed by atoms with van der Waals surface area (Å²) in [6.07, 6.45) is 11.0. The van der Waals surface area contributed by atoms with E-state index in [-0.39, 0.29) is 45.8 Å². The number of hydrogen-bond donors (Lipinski definition) is 1. The van der Waals surface area contributed by atoms with Crippen molar-refractivity contribution in [1.82, 2.24) is 0 Å². The number of cyclic esters (lactones) is 1. The van der Waals surface area contributed by atoms with Crippen LogP contribution in [0.4, 0.5) is 0 Å². The van der Waals surface area contributed by atoms with Crippen molar-refractivity contribution in [1.29, 1.82) is 0 Å². The minimum absolute atomic E-state index is 0.00320. The summed E-state index contributed by atoms with van der Waals surface area (Å²) in [5.74, 6) is 0.944. The van der Waals surface area contributed by atoms with Crippen molar-refractivity contribution >= 4 is 11.9 Å². The Morgan fingerprint density at radius 2 is 1.63 bits per heavy atom. The number of carbonyl (C=O) groups excluding carboxylic acids is 2. The Bertz CT molecular complexity index is 1010. The summed E-state index contributed by atoms with van der Waals surface area (Å²) in [4.78, 5) is 25.4. The molecule has 5 rings (SSSR count). The predicted octanol–water partition coefficient (Wildman–Crippen LogP) is 7.01. The highest BCUT2D eigenvalue weighted by molar-refractivity contribution is 5.82. The number of allylic oxidation sites excluding steroid dienone is 1. The Kier molecular flexibility index (Phi) is 6.73. The van der Waals surface area contributed by atoms with E-state index >= 15 is 0 Å². The van der Waals surface area contributed by atoms with Gasteiger partial charge in [-0.05, 0) is 105 Å². The second-order valence-corrected chi connectivity index (χ2v) is 15.3. The molecule has 5 fully saturated rings. The van der Waals surface area contributed by atoms with Gasteiger partial charge in [-0.15, -0.1) is 0 Å². The van der Waals surface area contributed by atoms with Crippen LogP contribution in [0.2, 0.25) is 0 Å². The highest BCUT2D eigenvalue weighted by Gasteiger charge is 2.71. The summed E-state index contributed by atoms with van der Waals surface area (Å²) >= 11 is 0. The van der Waals surface area contributed by atoms with Gasteiger partial charge in [-0.2, -0.15) is 0 Å². The Morgan fingerprint density at radius 3 is 2.29 bits per heavy atom. The first kappa shape index (κ1) is 28.2. The summed E-state index contributed by atoms with van der Waals surface area (Å²) in [6.45, 7) is 18.2. The zero-order valence-corrected chi connectivity index (χ0v) is 25.2. The molecule has 1 heterocycles. The van der Waals surface area contributed by atoms with Gasteiger partial charge in [0.2, 0.25) is 0 Å². The number of fused-ring (bicyclic) bond motifs is 5. The molecule has 10 atom stereocenters. The van der Waals surface area contributed by atoms with Crippen molar-refractivity contribution in [3.63, 3.8) is 0 Å². The first-order valence-electron chi connectivity index (χ1n) is 15.4. The molecule has 214 valence electrons. The van der Waals surface area contributed by atoms with E-state index < -0.39 is 11.6 Å². The van der Waals surface area contributed by atoms with Gasteiger partial charge >= 0.3 is 11.9 Å². The lowest BCUT2D eigenvalue weighted by atomic mass is 9.35. The van der Waals surface area contributed by atoms with Crippen LogP contribution in [-0.2, 0) is 19.1 Å². The quantitative estimate of drug-likeness (QED) is 0.314. The fourth-order valence-corrected chi connectivity index (χ4v) is 11.2. The first-order chi connectivity index (χ1) is 17.6. The molecular formula is C33H52O5. The second kappa shape index (κ2) is 9.08. The molecule has 4 aliphatic carbocycles.